The minimum Gasteiger partial charge on any atom is -0.317 e. The second-order valence-electron chi connectivity index (χ2n) is 2.95. The third-order valence-corrected chi connectivity index (χ3v) is 2.20. The van der Waals surface area contributed by atoms with E-state index in [2.05, 4.69) is 4.52 Å². The number of benzene rings is 1. The van der Waals surface area contributed by atoms with Crippen LogP contribution >= 0.6 is 11.6 Å². The fraction of sp³-hybridized carbons (Fsp3) is 0.111. The van der Waals surface area contributed by atoms with Gasteiger partial charge in [0.25, 0.3) is 0 Å². The summed E-state index contributed by atoms with van der Waals surface area (Å²) in [6, 6.07) is 6.33. The molecule has 1 heterocycles. The zero-order valence-corrected chi connectivity index (χ0v) is 8.56. The summed E-state index contributed by atoms with van der Waals surface area (Å²) in [5.41, 5.74) is -0.0962. The monoisotopic (exact) mass is 226 g/mol. The van der Waals surface area contributed by atoms with Crippen molar-refractivity contribution in [3.63, 3.8) is 0 Å². The highest BCUT2D eigenvalue weighted by Gasteiger charge is 2.10. The molecule has 0 fully saturated rings. The Morgan fingerprint density at radius 2 is 1.80 bits per heavy atom. The first-order valence-electron chi connectivity index (χ1n) is 4.15. The van der Waals surface area contributed by atoms with Crippen LogP contribution in [0.15, 0.2) is 38.4 Å². The molecule has 0 unspecified atom stereocenters. The van der Waals surface area contributed by atoms with E-state index in [4.69, 9.17) is 11.6 Å². The maximum atomic E-state index is 11.5. The van der Waals surface area contributed by atoms with Gasteiger partial charge in [0.05, 0.1) is 12.7 Å². The fourth-order valence-corrected chi connectivity index (χ4v) is 1.35. The SMILES string of the molecule is Cn1oc(=O)n(-c2ccc(Cl)cc2)c1=O. The quantitative estimate of drug-likeness (QED) is 0.722. The number of rotatable bonds is 1. The summed E-state index contributed by atoms with van der Waals surface area (Å²) in [5, 5.41) is 0.534. The lowest BCUT2D eigenvalue weighted by Gasteiger charge is -1.96. The van der Waals surface area contributed by atoms with E-state index in [1.807, 2.05) is 0 Å². The second kappa shape index (κ2) is 3.43. The maximum absolute atomic E-state index is 11.5. The predicted octanol–water partition coefficient (Wildman–Crippen LogP) is 0.783. The average Bonchev–Trinajstić information content (AvgIpc) is 2.44. The van der Waals surface area contributed by atoms with Crippen LogP contribution in [-0.4, -0.2) is 9.31 Å². The van der Waals surface area contributed by atoms with Crippen LogP contribution in [0.5, 0.6) is 0 Å². The molecule has 2 rings (SSSR count). The third-order valence-electron chi connectivity index (χ3n) is 1.94. The second-order valence-corrected chi connectivity index (χ2v) is 3.39. The van der Waals surface area contributed by atoms with Gasteiger partial charge in [-0.2, -0.15) is 9.31 Å². The lowest BCUT2D eigenvalue weighted by atomic mass is 10.3. The first-order valence-corrected chi connectivity index (χ1v) is 4.52. The lowest BCUT2D eigenvalue weighted by molar-refractivity contribution is 0.276. The molecule has 1 aromatic carbocycles. The minimum atomic E-state index is -0.718. The Hall–Kier alpha value is -1.75. The van der Waals surface area contributed by atoms with Crippen LogP contribution in [0.4, 0.5) is 0 Å². The van der Waals surface area contributed by atoms with Crippen molar-refractivity contribution in [2.45, 2.75) is 0 Å². The Kier molecular flexibility index (Phi) is 2.24. The number of nitrogens with zero attached hydrogens (tertiary/aromatic N) is 2. The molecule has 0 atom stereocenters. The molecular formula is C9H7ClN2O3. The minimum absolute atomic E-state index is 0.429. The zero-order valence-electron chi connectivity index (χ0n) is 7.81. The fourth-order valence-electron chi connectivity index (χ4n) is 1.22. The van der Waals surface area contributed by atoms with Crippen LogP contribution in [0.1, 0.15) is 0 Å². The van der Waals surface area contributed by atoms with E-state index in [1.165, 1.54) is 7.05 Å². The summed E-state index contributed by atoms with van der Waals surface area (Å²) in [4.78, 5) is 22.8. The Labute approximate surface area is 89.1 Å². The van der Waals surface area contributed by atoms with Gasteiger partial charge in [0.15, 0.2) is 0 Å². The molecule has 0 radical (unpaired) electrons. The molecule has 6 heteroatoms. The van der Waals surface area contributed by atoms with Crippen LogP contribution < -0.4 is 11.4 Å². The summed E-state index contributed by atoms with van der Waals surface area (Å²) < 4.78 is 6.41. The molecule has 0 aliphatic rings. The Balaban J connectivity index is 2.69. The molecule has 0 aliphatic heterocycles. The number of halogens is 1. The number of aryl methyl sites for hydroxylation is 1. The van der Waals surface area contributed by atoms with Crippen molar-refractivity contribution in [1.82, 2.24) is 9.31 Å². The normalized spacial score (nSPS) is 10.5. The topological polar surface area (TPSA) is 57.1 Å². The van der Waals surface area contributed by atoms with Gasteiger partial charge in [0.2, 0.25) is 0 Å². The van der Waals surface area contributed by atoms with E-state index in [0.717, 1.165) is 9.31 Å². The highest BCUT2D eigenvalue weighted by molar-refractivity contribution is 6.30. The molecule has 0 aliphatic carbocycles. The van der Waals surface area contributed by atoms with E-state index in [-0.39, 0.29) is 0 Å². The lowest BCUT2D eigenvalue weighted by Crippen LogP contribution is -2.26. The van der Waals surface area contributed by atoms with E-state index >= 15 is 0 Å². The smallest absolute Gasteiger partial charge is 0.317 e. The summed E-state index contributed by atoms with van der Waals surface area (Å²) in [7, 11) is 1.37. The van der Waals surface area contributed by atoms with Crippen molar-refractivity contribution in [3.05, 3.63) is 50.3 Å². The average molecular weight is 227 g/mol. The van der Waals surface area contributed by atoms with Crippen molar-refractivity contribution >= 4 is 11.6 Å². The first-order chi connectivity index (χ1) is 7.09. The Morgan fingerprint density at radius 3 is 2.27 bits per heavy atom. The highest BCUT2D eigenvalue weighted by atomic mass is 35.5. The van der Waals surface area contributed by atoms with Gasteiger partial charge in [-0.15, -0.1) is 0 Å². The van der Waals surface area contributed by atoms with E-state index in [9.17, 15) is 9.59 Å². The molecule has 0 amide bonds. The van der Waals surface area contributed by atoms with Crippen molar-refractivity contribution < 1.29 is 4.52 Å². The number of hydrogen-bond donors (Lipinski definition) is 0. The molecule has 0 bridgehead atoms. The summed E-state index contributed by atoms with van der Waals surface area (Å²) >= 11 is 5.69. The van der Waals surface area contributed by atoms with Crippen LogP contribution in [0.25, 0.3) is 5.69 Å². The molecule has 15 heavy (non-hydrogen) atoms. The van der Waals surface area contributed by atoms with Gasteiger partial charge in [0.1, 0.15) is 0 Å². The van der Waals surface area contributed by atoms with Gasteiger partial charge in [-0.1, -0.05) is 11.6 Å². The van der Waals surface area contributed by atoms with Gasteiger partial charge in [-0.25, -0.2) is 9.59 Å². The summed E-state index contributed by atoms with van der Waals surface area (Å²) in [6.45, 7) is 0. The van der Waals surface area contributed by atoms with E-state index in [0.29, 0.717) is 10.7 Å². The molecule has 0 saturated heterocycles. The zero-order chi connectivity index (χ0) is 11.0. The van der Waals surface area contributed by atoms with Crippen LogP contribution in [0.3, 0.4) is 0 Å². The van der Waals surface area contributed by atoms with Gasteiger partial charge in [-0.3, -0.25) is 0 Å². The largest absolute Gasteiger partial charge is 0.447 e. The molecule has 0 N–H and O–H groups in total. The van der Waals surface area contributed by atoms with Gasteiger partial charge in [0, 0.05) is 5.02 Å². The summed E-state index contributed by atoms with van der Waals surface area (Å²) in [6.07, 6.45) is 0. The maximum Gasteiger partial charge on any atom is 0.447 e. The molecule has 0 saturated carbocycles. The van der Waals surface area contributed by atoms with Crippen molar-refractivity contribution in [2.24, 2.45) is 7.05 Å². The molecular weight excluding hydrogens is 220 g/mol. The highest BCUT2D eigenvalue weighted by Crippen LogP contribution is 2.10. The van der Waals surface area contributed by atoms with Crippen LogP contribution in [0.2, 0.25) is 5.02 Å². The molecule has 78 valence electrons. The van der Waals surface area contributed by atoms with Crippen molar-refractivity contribution in [1.29, 1.82) is 0 Å². The van der Waals surface area contributed by atoms with Gasteiger partial charge < -0.3 is 4.52 Å². The van der Waals surface area contributed by atoms with Gasteiger partial charge >= 0.3 is 11.4 Å². The number of hydrogen-bond acceptors (Lipinski definition) is 3. The van der Waals surface area contributed by atoms with Crippen molar-refractivity contribution in [2.75, 3.05) is 0 Å². The Morgan fingerprint density at radius 1 is 1.20 bits per heavy atom. The standard InChI is InChI=1S/C9H7ClN2O3/c1-11-8(13)12(9(14)15-11)7-4-2-6(10)3-5-7/h2-5H,1H3. The van der Waals surface area contributed by atoms with Crippen LogP contribution in [-0.2, 0) is 7.05 Å². The molecule has 1 aromatic heterocycles. The summed E-state index contributed by atoms with van der Waals surface area (Å²) in [5.74, 6) is -0.718. The van der Waals surface area contributed by atoms with Gasteiger partial charge in [-0.05, 0) is 24.3 Å². The van der Waals surface area contributed by atoms with E-state index in [1.54, 1.807) is 24.3 Å². The Bertz CT molecular complexity index is 591. The number of aromatic nitrogens is 2. The first kappa shape index (κ1) is 9.79. The molecule has 0 spiro atoms. The van der Waals surface area contributed by atoms with Crippen LogP contribution in [0, 0.1) is 0 Å². The predicted molar refractivity (Wildman–Crippen MR) is 54.6 cm³/mol. The molecule has 5 nitrogen and oxygen atoms in total. The third kappa shape index (κ3) is 1.61. The van der Waals surface area contributed by atoms with Crippen molar-refractivity contribution in [3.8, 4) is 5.69 Å². The van der Waals surface area contributed by atoms with E-state index < -0.39 is 11.4 Å². The molecule has 2 aromatic rings.